The van der Waals surface area contributed by atoms with Gasteiger partial charge in [-0.25, -0.2) is 4.39 Å². The quantitative estimate of drug-likeness (QED) is 0.782. The van der Waals surface area contributed by atoms with Crippen LogP contribution in [0.15, 0.2) is 41.3 Å². The van der Waals surface area contributed by atoms with E-state index in [-0.39, 0.29) is 35.5 Å². The van der Waals surface area contributed by atoms with Crippen LogP contribution in [0.25, 0.3) is 0 Å². The van der Waals surface area contributed by atoms with Gasteiger partial charge in [-0.05, 0) is 36.6 Å². The smallest absolute Gasteiger partial charge is 0.251 e. The molecule has 1 fully saturated rings. The summed E-state index contributed by atoms with van der Waals surface area (Å²) in [6.45, 7) is 1.41. The molecule has 3 rings (SSSR count). The highest BCUT2D eigenvalue weighted by atomic mass is 19.1. The Balaban J connectivity index is 1.63. The number of aliphatic hydroxyl groups excluding tert-OH is 1. The molecular weight excluding hydrogens is 325 g/mol. The second kappa shape index (κ2) is 7.48. The number of hydrogen-bond acceptors (Lipinski definition) is 4. The molecule has 2 heterocycles. The first-order chi connectivity index (χ1) is 12.0. The zero-order valence-corrected chi connectivity index (χ0v) is 13.7. The first-order valence-corrected chi connectivity index (χ1v) is 8.21. The van der Waals surface area contributed by atoms with Gasteiger partial charge in [0.2, 0.25) is 5.56 Å². The van der Waals surface area contributed by atoms with Crippen molar-refractivity contribution >= 4 is 11.6 Å². The molecule has 0 spiro atoms. The SMILES string of the molecule is O=C(NCc1ccc(N2CCC(O)CC2)c(F)c1)c1cc[nH]c(=O)c1. The van der Waals surface area contributed by atoms with E-state index in [0.29, 0.717) is 37.2 Å². The van der Waals surface area contributed by atoms with E-state index in [1.165, 1.54) is 24.4 Å². The number of rotatable bonds is 4. The lowest BCUT2D eigenvalue weighted by molar-refractivity contribution is 0.0950. The zero-order chi connectivity index (χ0) is 17.8. The number of halogens is 1. The van der Waals surface area contributed by atoms with E-state index < -0.39 is 0 Å². The van der Waals surface area contributed by atoms with Crippen LogP contribution in [0.1, 0.15) is 28.8 Å². The van der Waals surface area contributed by atoms with Crippen LogP contribution in [-0.4, -0.2) is 35.2 Å². The Morgan fingerprint density at radius 2 is 2.04 bits per heavy atom. The molecule has 25 heavy (non-hydrogen) atoms. The van der Waals surface area contributed by atoms with Crippen LogP contribution >= 0.6 is 0 Å². The summed E-state index contributed by atoms with van der Waals surface area (Å²) < 4.78 is 14.4. The second-order valence-corrected chi connectivity index (χ2v) is 6.13. The highest BCUT2D eigenvalue weighted by Gasteiger charge is 2.19. The van der Waals surface area contributed by atoms with Crippen LogP contribution in [-0.2, 0) is 6.54 Å². The van der Waals surface area contributed by atoms with Crippen LogP contribution in [0.4, 0.5) is 10.1 Å². The molecule has 1 amide bonds. The summed E-state index contributed by atoms with van der Waals surface area (Å²) in [5, 5.41) is 12.2. The second-order valence-electron chi connectivity index (χ2n) is 6.13. The maximum Gasteiger partial charge on any atom is 0.251 e. The number of pyridine rings is 1. The molecule has 6 nitrogen and oxygen atoms in total. The van der Waals surface area contributed by atoms with Gasteiger partial charge >= 0.3 is 0 Å². The van der Waals surface area contributed by atoms with Gasteiger partial charge in [-0.2, -0.15) is 0 Å². The van der Waals surface area contributed by atoms with Crippen molar-refractivity contribution in [2.45, 2.75) is 25.5 Å². The number of aromatic amines is 1. The average Bonchev–Trinajstić information content (AvgIpc) is 2.61. The molecule has 2 aromatic rings. The van der Waals surface area contributed by atoms with Crippen LogP contribution in [0.3, 0.4) is 0 Å². The van der Waals surface area contributed by atoms with E-state index >= 15 is 0 Å². The Kier molecular flexibility index (Phi) is 5.14. The Labute approximate surface area is 144 Å². The number of hydrogen-bond donors (Lipinski definition) is 3. The minimum Gasteiger partial charge on any atom is -0.393 e. The van der Waals surface area contributed by atoms with Crippen LogP contribution in [0.5, 0.6) is 0 Å². The van der Waals surface area contributed by atoms with Gasteiger partial charge in [0.1, 0.15) is 5.82 Å². The molecule has 0 unspecified atom stereocenters. The number of aliphatic hydroxyl groups is 1. The summed E-state index contributed by atoms with van der Waals surface area (Å²) >= 11 is 0. The third-order valence-corrected chi connectivity index (χ3v) is 4.31. The van der Waals surface area contributed by atoms with E-state index in [2.05, 4.69) is 10.3 Å². The summed E-state index contributed by atoms with van der Waals surface area (Å²) in [5.41, 5.74) is 1.05. The molecule has 7 heteroatoms. The Bertz CT molecular complexity index is 813. The van der Waals surface area contributed by atoms with Crippen molar-refractivity contribution in [2.75, 3.05) is 18.0 Å². The van der Waals surface area contributed by atoms with Gasteiger partial charge in [-0.1, -0.05) is 6.07 Å². The minimum absolute atomic E-state index is 0.168. The normalized spacial score (nSPS) is 15.2. The first kappa shape index (κ1) is 17.2. The van der Waals surface area contributed by atoms with Crippen molar-refractivity contribution in [3.63, 3.8) is 0 Å². The number of carbonyl (C=O) groups excluding carboxylic acids is 1. The maximum atomic E-state index is 14.4. The molecule has 1 aliphatic rings. The van der Waals surface area contributed by atoms with E-state index in [0.717, 1.165) is 0 Å². The third kappa shape index (κ3) is 4.24. The lowest BCUT2D eigenvalue weighted by Crippen LogP contribution is -2.36. The largest absolute Gasteiger partial charge is 0.393 e. The maximum absolute atomic E-state index is 14.4. The predicted octanol–water partition coefficient (Wildman–Crippen LogP) is 1.41. The third-order valence-electron chi connectivity index (χ3n) is 4.31. The lowest BCUT2D eigenvalue weighted by Gasteiger charge is -2.31. The molecule has 0 aliphatic carbocycles. The van der Waals surface area contributed by atoms with Crippen molar-refractivity contribution in [1.29, 1.82) is 0 Å². The number of nitrogens with one attached hydrogen (secondary N) is 2. The summed E-state index contributed by atoms with van der Waals surface area (Å²) in [7, 11) is 0. The van der Waals surface area contributed by atoms with Crippen LogP contribution in [0, 0.1) is 5.82 Å². The summed E-state index contributed by atoms with van der Waals surface area (Å²) in [6, 6.07) is 7.58. The number of H-pyrrole nitrogens is 1. The van der Waals surface area contributed by atoms with Gasteiger partial charge in [-0.15, -0.1) is 0 Å². The van der Waals surface area contributed by atoms with Gasteiger partial charge < -0.3 is 20.3 Å². The number of nitrogens with zero attached hydrogens (tertiary/aromatic N) is 1. The Morgan fingerprint density at radius 3 is 2.72 bits per heavy atom. The number of piperidine rings is 1. The lowest BCUT2D eigenvalue weighted by atomic mass is 10.1. The van der Waals surface area contributed by atoms with Gasteiger partial charge in [0.25, 0.3) is 5.91 Å². The fraction of sp³-hybridized carbons (Fsp3) is 0.333. The molecule has 1 saturated heterocycles. The van der Waals surface area contributed by atoms with Crippen LogP contribution in [0.2, 0.25) is 0 Å². The predicted molar refractivity (Wildman–Crippen MR) is 92.1 cm³/mol. The van der Waals surface area contributed by atoms with E-state index in [9.17, 15) is 19.1 Å². The van der Waals surface area contributed by atoms with Crippen molar-refractivity contribution in [2.24, 2.45) is 0 Å². The molecular formula is C18H20FN3O3. The van der Waals surface area contributed by atoms with Gasteiger partial charge in [-0.3, -0.25) is 9.59 Å². The Hall–Kier alpha value is -2.67. The standard InChI is InChI=1S/C18H20FN3O3/c19-15-9-12(1-2-16(15)22-7-4-14(23)5-8-22)11-21-18(25)13-3-6-20-17(24)10-13/h1-3,6,9-10,14,23H,4-5,7-8,11H2,(H,20,24)(H,21,25). The number of carbonyl (C=O) groups is 1. The minimum atomic E-state index is -0.388. The average molecular weight is 345 g/mol. The molecule has 1 aliphatic heterocycles. The monoisotopic (exact) mass is 345 g/mol. The van der Waals surface area contributed by atoms with Crippen molar-refractivity contribution in [3.05, 3.63) is 63.8 Å². The molecule has 3 N–H and O–H groups in total. The highest BCUT2D eigenvalue weighted by molar-refractivity contribution is 5.93. The van der Waals surface area contributed by atoms with Crippen LogP contribution < -0.4 is 15.8 Å². The molecule has 0 saturated carbocycles. The van der Waals surface area contributed by atoms with E-state index in [1.807, 2.05) is 4.90 Å². The van der Waals surface area contributed by atoms with Crippen molar-refractivity contribution < 1.29 is 14.3 Å². The Morgan fingerprint density at radius 1 is 1.28 bits per heavy atom. The van der Waals surface area contributed by atoms with E-state index in [1.54, 1.807) is 12.1 Å². The molecule has 0 atom stereocenters. The molecule has 1 aromatic heterocycles. The number of benzene rings is 1. The van der Waals surface area contributed by atoms with Crippen molar-refractivity contribution in [3.8, 4) is 0 Å². The number of anilines is 1. The van der Waals surface area contributed by atoms with Gasteiger partial charge in [0, 0.05) is 37.5 Å². The van der Waals surface area contributed by atoms with E-state index in [4.69, 9.17) is 0 Å². The molecule has 0 bridgehead atoms. The fourth-order valence-corrected chi connectivity index (χ4v) is 2.89. The zero-order valence-electron chi connectivity index (χ0n) is 13.7. The summed E-state index contributed by atoms with van der Waals surface area (Å²) in [6.07, 6.45) is 2.36. The topological polar surface area (TPSA) is 85.4 Å². The fourth-order valence-electron chi connectivity index (χ4n) is 2.89. The van der Waals surface area contributed by atoms with Crippen molar-refractivity contribution in [1.82, 2.24) is 10.3 Å². The number of amides is 1. The molecule has 0 radical (unpaired) electrons. The first-order valence-electron chi connectivity index (χ1n) is 8.21. The molecule has 1 aromatic carbocycles. The highest BCUT2D eigenvalue weighted by Crippen LogP contribution is 2.24. The summed E-state index contributed by atoms with van der Waals surface area (Å²) in [5.74, 6) is -0.736. The van der Waals surface area contributed by atoms with Gasteiger partial charge in [0.05, 0.1) is 11.8 Å². The van der Waals surface area contributed by atoms with Gasteiger partial charge in [0.15, 0.2) is 0 Å². The number of aromatic nitrogens is 1. The summed E-state index contributed by atoms with van der Waals surface area (Å²) in [4.78, 5) is 27.6. The molecule has 132 valence electrons.